The third-order valence-corrected chi connectivity index (χ3v) is 4.06. The highest BCUT2D eigenvalue weighted by Crippen LogP contribution is 2.18. The van der Waals surface area contributed by atoms with Gasteiger partial charge in [-0.1, -0.05) is 13.8 Å². The number of aliphatic imine (C=N–C) groups is 1. The normalized spacial score (nSPS) is 19.0. The SMILES string of the molecule is COCC(C)NC(N)=NCC1CCN(CCC(C)C)CC1.I. The first-order valence-electron chi connectivity index (χ1n) is 8.29. The maximum Gasteiger partial charge on any atom is 0.188 e. The Bertz CT molecular complexity index is 305. The fourth-order valence-corrected chi connectivity index (χ4v) is 2.65. The zero-order valence-corrected chi connectivity index (χ0v) is 17.0. The molecule has 6 heteroatoms. The molecule has 1 atom stereocenters. The molecule has 132 valence electrons. The number of nitrogens with two attached hydrogens (primary N) is 1. The highest BCUT2D eigenvalue weighted by Gasteiger charge is 2.18. The minimum Gasteiger partial charge on any atom is -0.383 e. The summed E-state index contributed by atoms with van der Waals surface area (Å²) in [6.07, 6.45) is 3.78. The van der Waals surface area contributed by atoms with Crippen molar-refractivity contribution in [3.8, 4) is 0 Å². The molecule has 0 bridgehead atoms. The van der Waals surface area contributed by atoms with E-state index in [0.717, 1.165) is 12.5 Å². The average molecular weight is 426 g/mol. The first-order chi connectivity index (χ1) is 10.0. The van der Waals surface area contributed by atoms with Gasteiger partial charge in [-0.15, -0.1) is 24.0 Å². The largest absolute Gasteiger partial charge is 0.383 e. The second kappa shape index (κ2) is 12.4. The van der Waals surface area contributed by atoms with Crippen LogP contribution >= 0.6 is 24.0 Å². The maximum absolute atomic E-state index is 5.90. The second-order valence-corrected chi connectivity index (χ2v) is 6.69. The Balaban J connectivity index is 0.00000441. The van der Waals surface area contributed by atoms with E-state index in [1.165, 1.54) is 38.9 Å². The Morgan fingerprint density at radius 1 is 1.32 bits per heavy atom. The summed E-state index contributed by atoms with van der Waals surface area (Å²) in [5.41, 5.74) is 5.90. The molecule has 1 saturated heterocycles. The van der Waals surface area contributed by atoms with E-state index in [9.17, 15) is 0 Å². The van der Waals surface area contributed by atoms with Gasteiger partial charge >= 0.3 is 0 Å². The summed E-state index contributed by atoms with van der Waals surface area (Å²) in [7, 11) is 1.69. The first kappa shape index (κ1) is 21.9. The second-order valence-electron chi connectivity index (χ2n) is 6.69. The van der Waals surface area contributed by atoms with Gasteiger partial charge < -0.3 is 20.7 Å². The number of hydrogen-bond donors (Lipinski definition) is 2. The molecule has 1 unspecified atom stereocenters. The maximum atomic E-state index is 5.90. The lowest BCUT2D eigenvalue weighted by Crippen LogP contribution is -2.41. The van der Waals surface area contributed by atoms with Crippen LogP contribution in [-0.4, -0.2) is 56.8 Å². The highest BCUT2D eigenvalue weighted by molar-refractivity contribution is 14.0. The van der Waals surface area contributed by atoms with Crippen molar-refractivity contribution in [2.75, 3.05) is 39.9 Å². The Hall–Kier alpha value is -0.0800. The molecule has 0 spiro atoms. The van der Waals surface area contributed by atoms with E-state index < -0.39 is 0 Å². The standard InChI is InChI=1S/C16H34N4O.HI/c1-13(2)5-8-20-9-6-15(7-10-20)11-18-16(17)19-14(3)12-21-4;/h13-15H,5-12H2,1-4H3,(H3,17,18,19);1H. The van der Waals surface area contributed by atoms with Gasteiger partial charge in [0.25, 0.3) is 0 Å². The highest BCUT2D eigenvalue weighted by atomic mass is 127. The van der Waals surface area contributed by atoms with E-state index in [2.05, 4.69) is 29.1 Å². The quantitative estimate of drug-likeness (QED) is 0.355. The first-order valence-corrected chi connectivity index (χ1v) is 8.29. The van der Waals surface area contributed by atoms with Crippen molar-refractivity contribution in [1.29, 1.82) is 0 Å². The van der Waals surface area contributed by atoms with Crippen molar-refractivity contribution < 1.29 is 4.74 Å². The topological polar surface area (TPSA) is 62.9 Å². The van der Waals surface area contributed by atoms with Crippen molar-refractivity contribution in [3.05, 3.63) is 0 Å². The van der Waals surface area contributed by atoms with Gasteiger partial charge in [0.05, 0.1) is 6.61 Å². The van der Waals surface area contributed by atoms with Crippen LogP contribution < -0.4 is 11.1 Å². The van der Waals surface area contributed by atoms with E-state index in [4.69, 9.17) is 10.5 Å². The van der Waals surface area contributed by atoms with Crippen molar-refractivity contribution in [1.82, 2.24) is 10.2 Å². The predicted octanol–water partition coefficient (Wildman–Crippen LogP) is 2.30. The molecule has 1 aliphatic rings. The van der Waals surface area contributed by atoms with Crippen LogP contribution in [0.3, 0.4) is 0 Å². The number of guanidine groups is 1. The molecule has 0 radical (unpaired) electrons. The van der Waals surface area contributed by atoms with Crippen LogP contribution in [0.15, 0.2) is 4.99 Å². The van der Waals surface area contributed by atoms with Crippen LogP contribution in [0.1, 0.15) is 40.0 Å². The zero-order chi connectivity index (χ0) is 15.7. The summed E-state index contributed by atoms with van der Waals surface area (Å²) < 4.78 is 5.07. The van der Waals surface area contributed by atoms with Gasteiger partial charge in [0.15, 0.2) is 5.96 Å². The lowest BCUT2D eigenvalue weighted by molar-refractivity contribution is 0.177. The van der Waals surface area contributed by atoms with Gasteiger partial charge in [-0.2, -0.15) is 0 Å². The number of rotatable bonds is 8. The third kappa shape index (κ3) is 9.84. The van der Waals surface area contributed by atoms with Crippen LogP contribution in [0.25, 0.3) is 0 Å². The van der Waals surface area contributed by atoms with Crippen LogP contribution in [0.2, 0.25) is 0 Å². The number of methoxy groups -OCH3 is 1. The molecule has 0 amide bonds. The van der Waals surface area contributed by atoms with Crippen molar-refractivity contribution in [3.63, 3.8) is 0 Å². The number of ether oxygens (including phenoxy) is 1. The Labute approximate surface area is 153 Å². The van der Waals surface area contributed by atoms with Gasteiger partial charge in [0.2, 0.25) is 0 Å². The summed E-state index contributed by atoms with van der Waals surface area (Å²) >= 11 is 0. The van der Waals surface area contributed by atoms with E-state index >= 15 is 0 Å². The predicted molar refractivity (Wildman–Crippen MR) is 105 cm³/mol. The molecule has 1 rings (SSSR count). The number of hydrogen-bond acceptors (Lipinski definition) is 3. The summed E-state index contributed by atoms with van der Waals surface area (Å²) in [6.45, 7) is 11.8. The number of piperidine rings is 1. The number of nitrogens with zero attached hydrogens (tertiary/aromatic N) is 2. The molecule has 0 aromatic heterocycles. The molecular formula is C16H35IN4O. The molecular weight excluding hydrogens is 391 g/mol. The van der Waals surface area contributed by atoms with Crippen molar-refractivity contribution in [2.45, 2.75) is 46.1 Å². The van der Waals surface area contributed by atoms with Gasteiger partial charge in [0.1, 0.15) is 0 Å². The molecule has 0 aromatic carbocycles. The molecule has 1 heterocycles. The molecule has 5 nitrogen and oxygen atoms in total. The molecule has 0 saturated carbocycles. The molecule has 3 N–H and O–H groups in total. The van der Waals surface area contributed by atoms with E-state index in [1.54, 1.807) is 7.11 Å². The van der Waals surface area contributed by atoms with Gasteiger partial charge in [0, 0.05) is 19.7 Å². The monoisotopic (exact) mass is 426 g/mol. The van der Waals surface area contributed by atoms with Crippen LogP contribution in [0.4, 0.5) is 0 Å². The molecule has 0 aromatic rings. The van der Waals surface area contributed by atoms with Gasteiger partial charge in [-0.05, 0) is 57.7 Å². The van der Waals surface area contributed by atoms with E-state index in [1.807, 2.05) is 6.92 Å². The van der Waals surface area contributed by atoms with Gasteiger partial charge in [-0.3, -0.25) is 4.99 Å². The fourth-order valence-electron chi connectivity index (χ4n) is 2.65. The van der Waals surface area contributed by atoms with E-state index in [-0.39, 0.29) is 30.0 Å². The van der Waals surface area contributed by atoms with Crippen molar-refractivity contribution >= 4 is 29.9 Å². The minimum absolute atomic E-state index is 0. The smallest absolute Gasteiger partial charge is 0.188 e. The van der Waals surface area contributed by atoms with Crippen LogP contribution in [-0.2, 0) is 4.74 Å². The molecule has 1 fully saturated rings. The summed E-state index contributed by atoms with van der Waals surface area (Å²) in [5, 5.41) is 3.15. The number of halogens is 1. The Morgan fingerprint density at radius 2 is 1.95 bits per heavy atom. The lowest BCUT2D eigenvalue weighted by Gasteiger charge is -2.31. The molecule has 1 aliphatic heterocycles. The van der Waals surface area contributed by atoms with E-state index in [0.29, 0.717) is 18.5 Å². The average Bonchev–Trinajstić information content (AvgIpc) is 2.44. The molecule has 22 heavy (non-hydrogen) atoms. The van der Waals surface area contributed by atoms with Gasteiger partial charge in [-0.25, -0.2) is 0 Å². The number of likely N-dealkylation sites (tertiary alicyclic amines) is 1. The Morgan fingerprint density at radius 3 is 2.50 bits per heavy atom. The zero-order valence-electron chi connectivity index (χ0n) is 14.7. The molecule has 0 aliphatic carbocycles. The summed E-state index contributed by atoms with van der Waals surface area (Å²) in [4.78, 5) is 7.06. The minimum atomic E-state index is 0. The fraction of sp³-hybridized carbons (Fsp3) is 0.938. The van der Waals surface area contributed by atoms with Crippen molar-refractivity contribution in [2.24, 2.45) is 22.6 Å². The Kier molecular flexibility index (Phi) is 12.3. The number of nitrogens with one attached hydrogen (secondary N) is 1. The lowest BCUT2D eigenvalue weighted by atomic mass is 9.96. The third-order valence-electron chi connectivity index (χ3n) is 4.06. The summed E-state index contributed by atoms with van der Waals surface area (Å²) in [6, 6.07) is 0.205. The van der Waals surface area contributed by atoms with Crippen LogP contribution in [0, 0.1) is 11.8 Å². The summed E-state index contributed by atoms with van der Waals surface area (Å²) in [5.74, 6) is 2.02. The van der Waals surface area contributed by atoms with Crippen LogP contribution in [0.5, 0.6) is 0 Å².